The van der Waals surface area contributed by atoms with Crippen LogP contribution in [0.25, 0.3) is 11.2 Å². The average molecular weight is 298 g/mol. The molecular formula is C14H14N6S. The molecule has 0 radical (unpaired) electrons. The number of nitrogens with two attached hydrogens (primary N) is 1. The maximum atomic E-state index is 5.64. The topological polar surface area (TPSA) is 83.7 Å². The summed E-state index contributed by atoms with van der Waals surface area (Å²) in [7, 11) is 0. The monoisotopic (exact) mass is 298 g/mol. The van der Waals surface area contributed by atoms with Crippen LogP contribution in [-0.2, 0) is 0 Å². The van der Waals surface area contributed by atoms with E-state index >= 15 is 0 Å². The van der Waals surface area contributed by atoms with E-state index in [-0.39, 0.29) is 0 Å². The van der Waals surface area contributed by atoms with Gasteiger partial charge in [-0.2, -0.15) is 0 Å². The molecule has 1 aromatic carbocycles. The van der Waals surface area contributed by atoms with E-state index in [9.17, 15) is 0 Å². The van der Waals surface area contributed by atoms with Crippen LogP contribution in [0, 0.1) is 0 Å². The minimum absolute atomic E-state index is 0.478. The molecule has 2 aromatic heterocycles. The normalized spacial score (nSPS) is 10.7. The second-order valence-corrected chi connectivity index (χ2v) is 5.03. The van der Waals surface area contributed by atoms with Crippen molar-refractivity contribution in [1.29, 1.82) is 0 Å². The second-order valence-electron chi connectivity index (χ2n) is 4.50. The zero-order valence-corrected chi connectivity index (χ0v) is 12.0. The smallest absolute Gasteiger partial charge is 0.182 e. The minimum Gasteiger partial charge on any atom is -0.393 e. The third-order valence-electron chi connectivity index (χ3n) is 3.11. The number of hydrogen-bond donors (Lipinski definition) is 2. The van der Waals surface area contributed by atoms with Gasteiger partial charge in [0.05, 0.1) is 11.3 Å². The number of anilines is 2. The van der Waals surface area contributed by atoms with E-state index in [0.29, 0.717) is 23.6 Å². The van der Waals surface area contributed by atoms with Gasteiger partial charge in [-0.1, -0.05) is 30.4 Å². The third-order valence-corrected chi connectivity index (χ3v) is 3.31. The van der Waals surface area contributed by atoms with Gasteiger partial charge in [0, 0.05) is 18.7 Å². The van der Waals surface area contributed by atoms with E-state index in [1.807, 2.05) is 30.3 Å². The van der Waals surface area contributed by atoms with Gasteiger partial charge in [-0.25, -0.2) is 15.0 Å². The van der Waals surface area contributed by atoms with E-state index in [1.54, 1.807) is 6.33 Å². The molecule has 0 spiro atoms. The summed E-state index contributed by atoms with van der Waals surface area (Å²) in [6.07, 6.45) is 3.72. The molecule has 0 unspecified atom stereocenters. The van der Waals surface area contributed by atoms with Crippen molar-refractivity contribution >= 4 is 39.9 Å². The van der Waals surface area contributed by atoms with Crippen molar-refractivity contribution in [3.05, 3.63) is 43.0 Å². The van der Waals surface area contributed by atoms with Gasteiger partial charge in [-0.15, -0.1) is 0 Å². The Morgan fingerprint density at radius 2 is 2.00 bits per heavy atom. The largest absolute Gasteiger partial charge is 0.393 e. The van der Waals surface area contributed by atoms with Gasteiger partial charge in [0.2, 0.25) is 0 Å². The van der Waals surface area contributed by atoms with Gasteiger partial charge in [0.15, 0.2) is 11.5 Å². The highest BCUT2D eigenvalue weighted by Gasteiger charge is 2.15. The lowest BCUT2D eigenvalue weighted by Gasteiger charge is -2.23. The highest BCUT2D eigenvalue weighted by atomic mass is 32.1. The highest BCUT2D eigenvalue weighted by Crippen LogP contribution is 2.27. The summed E-state index contributed by atoms with van der Waals surface area (Å²) in [5, 5.41) is 0. The molecule has 0 aliphatic carbocycles. The maximum absolute atomic E-state index is 5.64. The molecule has 0 aliphatic rings. The summed E-state index contributed by atoms with van der Waals surface area (Å²) in [5.74, 6) is 0.764. The lowest BCUT2D eigenvalue weighted by Crippen LogP contribution is -2.24. The molecular weight excluding hydrogens is 284 g/mol. The van der Waals surface area contributed by atoms with Crippen molar-refractivity contribution in [3.8, 4) is 0 Å². The number of nitrogens with one attached hydrogen (secondary N) is 1. The zero-order chi connectivity index (χ0) is 14.7. The van der Waals surface area contributed by atoms with Crippen LogP contribution >= 0.6 is 12.2 Å². The fourth-order valence-electron chi connectivity index (χ4n) is 2.14. The molecule has 106 valence electrons. The first-order valence-electron chi connectivity index (χ1n) is 6.50. The van der Waals surface area contributed by atoms with Crippen LogP contribution in [0.4, 0.5) is 11.5 Å². The van der Waals surface area contributed by atoms with Crippen LogP contribution < -0.4 is 10.6 Å². The van der Waals surface area contributed by atoms with Crippen LogP contribution in [-0.4, -0.2) is 31.5 Å². The Balaban J connectivity index is 2.06. The fraction of sp³-hybridized carbons (Fsp3) is 0.143. The van der Waals surface area contributed by atoms with Crippen LogP contribution in [0.5, 0.6) is 0 Å². The number of aromatic nitrogens is 4. The Morgan fingerprint density at radius 1 is 1.19 bits per heavy atom. The Kier molecular flexibility index (Phi) is 3.74. The number of rotatable bonds is 5. The number of aromatic amines is 1. The molecule has 0 fully saturated rings. The number of para-hydroxylation sites is 1. The highest BCUT2D eigenvalue weighted by molar-refractivity contribution is 7.80. The van der Waals surface area contributed by atoms with Gasteiger partial charge >= 0.3 is 0 Å². The Hall–Kier alpha value is -2.54. The number of hydrogen-bond acceptors (Lipinski definition) is 5. The summed E-state index contributed by atoms with van der Waals surface area (Å²) in [6.45, 7) is 0.643. The quantitative estimate of drug-likeness (QED) is 0.702. The first kappa shape index (κ1) is 13.4. The summed E-state index contributed by atoms with van der Waals surface area (Å²) in [6, 6.07) is 9.97. The van der Waals surface area contributed by atoms with Gasteiger partial charge in [0.25, 0.3) is 0 Å². The first-order valence-corrected chi connectivity index (χ1v) is 6.91. The van der Waals surface area contributed by atoms with Gasteiger partial charge < -0.3 is 15.6 Å². The molecule has 21 heavy (non-hydrogen) atoms. The lowest BCUT2D eigenvalue weighted by atomic mass is 10.2. The number of H-pyrrole nitrogens is 1. The minimum atomic E-state index is 0.478. The van der Waals surface area contributed by atoms with Crippen molar-refractivity contribution in [2.75, 3.05) is 11.4 Å². The number of imidazole rings is 1. The molecule has 3 rings (SSSR count). The van der Waals surface area contributed by atoms with Crippen molar-refractivity contribution in [1.82, 2.24) is 19.9 Å². The number of fused-ring (bicyclic) bond motifs is 1. The van der Waals surface area contributed by atoms with E-state index < -0.39 is 0 Å². The first-order chi connectivity index (χ1) is 10.3. The Bertz CT molecular complexity index is 754. The van der Waals surface area contributed by atoms with E-state index in [1.165, 1.54) is 6.33 Å². The third kappa shape index (κ3) is 2.82. The summed E-state index contributed by atoms with van der Waals surface area (Å²) in [5.41, 5.74) is 8.09. The summed E-state index contributed by atoms with van der Waals surface area (Å²) >= 11 is 4.99. The molecule has 7 heteroatoms. The van der Waals surface area contributed by atoms with Crippen LogP contribution in [0.2, 0.25) is 0 Å². The molecule has 0 saturated heterocycles. The number of benzene rings is 1. The predicted octanol–water partition coefficient (Wildman–Crippen LogP) is 2.17. The van der Waals surface area contributed by atoms with Crippen LogP contribution in [0.3, 0.4) is 0 Å². The number of thiocarbonyl (C=S) groups is 1. The van der Waals surface area contributed by atoms with Gasteiger partial charge in [0.1, 0.15) is 11.8 Å². The number of nitrogens with zero attached hydrogens (tertiary/aromatic N) is 4. The molecule has 0 amide bonds. The van der Waals surface area contributed by atoms with E-state index in [2.05, 4.69) is 24.8 Å². The van der Waals surface area contributed by atoms with E-state index in [4.69, 9.17) is 18.0 Å². The van der Waals surface area contributed by atoms with Crippen molar-refractivity contribution in [2.24, 2.45) is 5.73 Å². The fourth-order valence-corrected chi connectivity index (χ4v) is 2.24. The lowest BCUT2D eigenvalue weighted by molar-refractivity contribution is 0.942. The zero-order valence-electron chi connectivity index (χ0n) is 11.2. The molecule has 0 saturated carbocycles. The SMILES string of the molecule is NC(=S)CCN(c1ccccc1)c1ncnc2nc[nH]c12. The van der Waals surface area contributed by atoms with Gasteiger partial charge in [-0.3, -0.25) is 0 Å². The molecule has 0 atom stereocenters. The molecule has 3 aromatic rings. The molecule has 6 nitrogen and oxygen atoms in total. The average Bonchev–Trinajstić information content (AvgIpc) is 2.97. The van der Waals surface area contributed by atoms with Gasteiger partial charge in [-0.05, 0) is 12.1 Å². The van der Waals surface area contributed by atoms with Crippen molar-refractivity contribution in [3.63, 3.8) is 0 Å². The maximum Gasteiger partial charge on any atom is 0.182 e. The van der Waals surface area contributed by atoms with Crippen LogP contribution in [0.1, 0.15) is 6.42 Å². The Morgan fingerprint density at radius 3 is 2.76 bits per heavy atom. The Labute approximate surface area is 127 Å². The molecule has 0 bridgehead atoms. The van der Waals surface area contributed by atoms with Crippen LogP contribution in [0.15, 0.2) is 43.0 Å². The second kappa shape index (κ2) is 5.84. The molecule has 0 aliphatic heterocycles. The molecule has 3 N–H and O–H groups in total. The predicted molar refractivity (Wildman–Crippen MR) is 86.5 cm³/mol. The molecule has 2 heterocycles. The summed E-state index contributed by atoms with van der Waals surface area (Å²) in [4.78, 5) is 18.3. The van der Waals surface area contributed by atoms with E-state index in [0.717, 1.165) is 17.0 Å². The standard InChI is InChI=1S/C14H14N6S/c15-11(21)6-7-20(10-4-2-1-3-5-10)14-12-13(17-8-16-12)18-9-19-14/h1-5,8-9H,6-7H2,(H2,15,21)(H,16,17,18,19). The summed E-state index contributed by atoms with van der Waals surface area (Å²) < 4.78 is 0. The van der Waals surface area contributed by atoms with Crippen molar-refractivity contribution < 1.29 is 0 Å². The van der Waals surface area contributed by atoms with Crippen molar-refractivity contribution in [2.45, 2.75) is 6.42 Å².